The second kappa shape index (κ2) is 1.90. The van der Waals surface area contributed by atoms with Gasteiger partial charge in [-0.1, -0.05) is 10.3 Å². The topological polar surface area (TPSA) is 77.8 Å². The molecule has 0 aliphatic carbocycles. The van der Waals surface area contributed by atoms with Crippen LogP contribution in [0.2, 0.25) is 0 Å². The van der Waals surface area contributed by atoms with Crippen molar-refractivity contribution in [1.29, 1.82) is 0 Å². The van der Waals surface area contributed by atoms with Crippen LogP contribution in [0.5, 0.6) is 0 Å². The SMILES string of the molecule is c1nc(-c2cnon2)no1. The van der Waals surface area contributed by atoms with Crippen LogP contribution in [-0.4, -0.2) is 20.5 Å². The van der Waals surface area contributed by atoms with E-state index in [0.29, 0.717) is 11.5 Å². The zero-order chi connectivity index (χ0) is 6.81. The van der Waals surface area contributed by atoms with Gasteiger partial charge in [0.05, 0.1) is 0 Å². The quantitative estimate of drug-likeness (QED) is 0.556. The molecule has 0 aliphatic rings. The first-order valence-corrected chi connectivity index (χ1v) is 2.51. The molecule has 0 N–H and O–H groups in total. The lowest BCUT2D eigenvalue weighted by Crippen LogP contribution is -1.77. The van der Waals surface area contributed by atoms with Crippen molar-refractivity contribution < 1.29 is 9.15 Å². The van der Waals surface area contributed by atoms with E-state index < -0.39 is 0 Å². The molecular formula is C4H2N4O2. The molecule has 10 heavy (non-hydrogen) atoms. The van der Waals surface area contributed by atoms with Gasteiger partial charge in [0.1, 0.15) is 6.20 Å². The molecule has 50 valence electrons. The number of nitrogens with zero attached hydrogens (tertiary/aromatic N) is 4. The summed E-state index contributed by atoms with van der Waals surface area (Å²) >= 11 is 0. The minimum Gasteiger partial charge on any atom is -0.342 e. The van der Waals surface area contributed by atoms with Gasteiger partial charge in [-0.25, -0.2) is 4.63 Å². The van der Waals surface area contributed by atoms with Crippen LogP contribution in [0.1, 0.15) is 0 Å². The fourth-order valence-corrected chi connectivity index (χ4v) is 0.547. The minimum absolute atomic E-state index is 0.376. The molecule has 2 heterocycles. The van der Waals surface area contributed by atoms with Crippen LogP contribution >= 0.6 is 0 Å². The Hall–Kier alpha value is -1.72. The predicted octanol–water partition coefficient (Wildman–Crippen LogP) is 0.120. The molecule has 0 saturated carbocycles. The lowest BCUT2D eigenvalue weighted by atomic mass is 10.5. The van der Waals surface area contributed by atoms with Gasteiger partial charge >= 0.3 is 0 Å². The smallest absolute Gasteiger partial charge is 0.226 e. The molecule has 0 unspecified atom stereocenters. The molecule has 2 aromatic rings. The van der Waals surface area contributed by atoms with Crippen molar-refractivity contribution in [3.05, 3.63) is 12.6 Å². The maximum absolute atomic E-state index is 4.47. The van der Waals surface area contributed by atoms with Crippen LogP contribution in [0, 0.1) is 0 Å². The van der Waals surface area contributed by atoms with Gasteiger partial charge in [-0.2, -0.15) is 4.98 Å². The fraction of sp³-hybridized carbons (Fsp3) is 0. The number of rotatable bonds is 1. The van der Waals surface area contributed by atoms with Crippen molar-refractivity contribution in [3.8, 4) is 11.5 Å². The van der Waals surface area contributed by atoms with Crippen LogP contribution in [0.25, 0.3) is 11.5 Å². The van der Waals surface area contributed by atoms with Crippen molar-refractivity contribution in [3.63, 3.8) is 0 Å². The van der Waals surface area contributed by atoms with Crippen LogP contribution in [-0.2, 0) is 0 Å². The van der Waals surface area contributed by atoms with Gasteiger partial charge < -0.3 is 4.52 Å². The summed E-state index contributed by atoms with van der Waals surface area (Å²) in [6.45, 7) is 0. The molecule has 6 nitrogen and oxygen atoms in total. The van der Waals surface area contributed by atoms with Crippen molar-refractivity contribution >= 4 is 0 Å². The van der Waals surface area contributed by atoms with E-state index in [2.05, 4.69) is 29.6 Å². The number of hydrogen-bond donors (Lipinski definition) is 0. The van der Waals surface area contributed by atoms with Gasteiger partial charge in [0, 0.05) is 0 Å². The van der Waals surface area contributed by atoms with Crippen LogP contribution in [0.4, 0.5) is 0 Å². The number of aromatic nitrogens is 4. The van der Waals surface area contributed by atoms with Gasteiger partial charge in [0.2, 0.25) is 12.2 Å². The van der Waals surface area contributed by atoms with Crippen LogP contribution in [0.15, 0.2) is 21.7 Å². The Kier molecular flexibility index (Phi) is 0.970. The lowest BCUT2D eigenvalue weighted by Gasteiger charge is -1.74. The van der Waals surface area contributed by atoms with E-state index in [1.165, 1.54) is 12.6 Å². The summed E-state index contributed by atoms with van der Waals surface area (Å²) < 4.78 is 8.78. The summed E-state index contributed by atoms with van der Waals surface area (Å²) in [6.07, 6.45) is 2.62. The van der Waals surface area contributed by atoms with Crippen LogP contribution in [0.3, 0.4) is 0 Å². The largest absolute Gasteiger partial charge is 0.342 e. The highest BCUT2D eigenvalue weighted by atomic mass is 16.6. The maximum Gasteiger partial charge on any atom is 0.226 e. The second-order valence-corrected chi connectivity index (χ2v) is 1.55. The lowest BCUT2D eigenvalue weighted by molar-refractivity contribution is 0.308. The van der Waals surface area contributed by atoms with E-state index in [-0.39, 0.29) is 0 Å². The van der Waals surface area contributed by atoms with Crippen molar-refractivity contribution in [2.45, 2.75) is 0 Å². The third-order valence-corrected chi connectivity index (χ3v) is 0.952. The molecule has 0 aromatic carbocycles. The predicted molar refractivity (Wildman–Crippen MR) is 27.6 cm³/mol. The first-order valence-electron chi connectivity index (χ1n) is 2.51. The molecule has 0 saturated heterocycles. The molecule has 2 aromatic heterocycles. The Morgan fingerprint density at radius 1 is 1.30 bits per heavy atom. The molecular weight excluding hydrogens is 136 g/mol. The first kappa shape index (κ1) is 5.10. The third-order valence-electron chi connectivity index (χ3n) is 0.952. The summed E-state index contributed by atoms with van der Waals surface area (Å²) in [5.41, 5.74) is 0.466. The first-order chi connectivity index (χ1) is 4.97. The molecule has 2 rings (SSSR count). The van der Waals surface area contributed by atoms with E-state index >= 15 is 0 Å². The Labute approximate surface area is 54.8 Å². The van der Waals surface area contributed by atoms with Crippen LogP contribution < -0.4 is 0 Å². The molecule has 0 amide bonds. The van der Waals surface area contributed by atoms with Crippen molar-refractivity contribution in [2.75, 3.05) is 0 Å². The van der Waals surface area contributed by atoms with Gasteiger partial charge in [0.25, 0.3) is 0 Å². The maximum atomic E-state index is 4.47. The zero-order valence-electron chi connectivity index (χ0n) is 4.76. The summed E-state index contributed by atoms with van der Waals surface area (Å²) in [4.78, 5) is 3.72. The van der Waals surface area contributed by atoms with Gasteiger partial charge in [-0.15, -0.1) is 0 Å². The monoisotopic (exact) mass is 138 g/mol. The second-order valence-electron chi connectivity index (χ2n) is 1.55. The molecule has 0 radical (unpaired) electrons. The van der Waals surface area contributed by atoms with E-state index in [0.717, 1.165) is 0 Å². The average Bonchev–Trinajstić information content (AvgIpc) is 2.59. The molecule has 0 spiro atoms. The summed E-state index contributed by atoms with van der Waals surface area (Å²) in [5.74, 6) is 0.376. The van der Waals surface area contributed by atoms with Gasteiger partial charge in [0.15, 0.2) is 5.69 Å². The van der Waals surface area contributed by atoms with Crippen molar-refractivity contribution in [1.82, 2.24) is 20.5 Å². The highest BCUT2D eigenvalue weighted by molar-refractivity contribution is 5.43. The highest BCUT2D eigenvalue weighted by Gasteiger charge is 2.05. The molecule has 0 bridgehead atoms. The Balaban J connectivity index is 2.48. The van der Waals surface area contributed by atoms with Crippen molar-refractivity contribution in [2.24, 2.45) is 0 Å². The summed E-state index contributed by atoms with van der Waals surface area (Å²) in [7, 11) is 0. The standard InChI is InChI=1S/C4H2N4O2/c1-3(7-10-6-1)4-5-2-9-8-4/h1-2H. The normalized spacial score (nSPS) is 10.0. The zero-order valence-corrected chi connectivity index (χ0v) is 4.76. The Morgan fingerprint density at radius 2 is 2.30 bits per heavy atom. The van der Waals surface area contributed by atoms with Gasteiger partial charge in [-0.3, -0.25) is 0 Å². The average molecular weight is 138 g/mol. The fourth-order valence-electron chi connectivity index (χ4n) is 0.547. The van der Waals surface area contributed by atoms with E-state index in [9.17, 15) is 0 Å². The van der Waals surface area contributed by atoms with E-state index in [1.807, 2.05) is 0 Å². The van der Waals surface area contributed by atoms with E-state index in [1.54, 1.807) is 0 Å². The molecule has 6 heteroatoms. The van der Waals surface area contributed by atoms with Gasteiger partial charge in [-0.05, 0) is 5.16 Å². The molecule has 0 aliphatic heterocycles. The summed E-state index contributed by atoms with van der Waals surface area (Å²) in [5, 5.41) is 10.4. The Bertz CT molecular complexity index is 255. The third kappa shape index (κ3) is 0.661. The summed E-state index contributed by atoms with van der Waals surface area (Å²) in [6, 6.07) is 0. The van der Waals surface area contributed by atoms with E-state index in [4.69, 9.17) is 0 Å². The Morgan fingerprint density at radius 3 is 2.90 bits per heavy atom. The number of hydrogen-bond acceptors (Lipinski definition) is 6. The highest BCUT2D eigenvalue weighted by Crippen LogP contribution is 2.07. The molecule has 0 fully saturated rings. The minimum atomic E-state index is 0.376. The molecule has 0 atom stereocenters.